The van der Waals surface area contributed by atoms with E-state index in [4.69, 9.17) is 0 Å². The summed E-state index contributed by atoms with van der Waals surface area (Å²) in [7, 11) is 2.32. The molecule has 2 aromatic rings. The molecule has 3 atom stereocenters. The Kier molecular flexibility index (Phi) is 3.11. The summed E-state index contributed by atoms with van der Waals surface area (Å²) < 4.78 is 2.48. The van der Waals surface area contributed by atoms with Crippen molar-refractivity contribution in [3.63, 3.8) is 0 Å². The standard InChI is InChI=1S/C19H26N2/c1-4-8-21-12-14-10-18-16(9-13(2)11-20(18)3)15-6-5-7-17(21)19(14)15/h5-7,12-13,16,18H,4,8-11H2,1-3H3/t13-,16+,18-/m1/s1. The molecule has 0 saturated carbocycles. The first-order chi connectivity index (χ1) is 10.2. The van der Waals surface area contributed by atoms with Gasteiger partial charge in [0.1, 0.15) is 0 Å². The van der Waals surface area contributed by atoms with Gasteiger partial charge in [0, 0.05) is 42.1 Å². The van der Waals surface area contributed by atoms with Crippen LogP contribution in [-0.4, -0.2) is 29.1 Å². The molecule has 21 heavy (non-hydrogen) atoms. The van der Waals surface area contributed by atoms with Gasteiger partial charge in [-0.05, 0) is 49.4 Å². The van der Waals surface area contributed by atoms with Crippen LogP contribution in [0.5, 0.6) is 0 Å². The number of hydrogen-bond acceptors (Lipinski definition) is 1. The number of rotatable bonds is 2. The highest BCUT2D eigenvalue weighted by Gasteiger charge is 2.38. The van der Waals surface area contributed by atoms with Crippen molar-refractivity contribution >= 4 is 10.9 Å². The normalized spacial score (nSPS) is 28.8. The second-order valence-corrected chi connectivity index (χ2v) is 7.25. The average molecular weight is 282 g/mol. The predicted molar refractivity (Wildman–Crippen MR) is 88.9 cm³/mol. The quantitative estimate of drug-likeness (QED) is 0.807. The van der Waals surface area contributed by atoms with Crippen molar-refractivity contribution in [2.75, 3.05) is 13.6 Å². The van der Waals surface area contributed by atoms with Gasteiger partial charge in [-0.3, -0.25) is 0 Å². The van der Waals surface area contributed by atoms with Crippen LogP contribution in [0, 0.1) is 5.92 Å². The molecular formula is C19H26N2. The van der Waals surface area contributed by atoms with Crippen LogP contribution >= 0.6 is 0 Å². The van der Waals surface area contributed by atoms with Gasteiger partial charge in [-0.2, -0.15) is 0 Å². The van der Waals surface area contributed by atoms with Crippen LogP contribution in [0.25, 0.3) is 10.9 Å². The minimum absolute atomic E-state index is 0.705. The zero-order valence-electron chi connectivity index (χ0n) is 13.5. The van der Waals surface area contributed by atoms with Gasteiger partial charge in [-0.25, -0.2) is 0 Å². The molecule has 1 aliphatic carbocycles. The number of hydrogen-bond donors (Lipinski definition) is 0. The molecule has 0 amide bonds. The molecule has 2 heteroatoms. The van der Waals surface area contributed by atoms with Gasteiger partial charge in [0.25, 0.3) is 0 Å². The fourth-order valence-corrected chi connectivity index (χ4v) is 4.82. The second kappa shape index (κ2) is 4.88. The molecule has 1 aromatic heterocycles. The monoisotopic (exact) mass is 282 g/mol. The Morgan fingerprint density at radius 1 is 1.29 bits per heavy atom. The molecule has 1 aliphatic heterocycles. The fourth-order valence-electron chi connectivity index (χ4n) is 4.82. The lowest BCUT2D eigenvalue weighted by Crippen LogP contribution is -2.47. The first-order valence-corrected chi connectivity index (χ1v) is 8.50. The van der Waals surface area contributed by atoms with Crippen molar-refractivity contribution < 1.29 is 0 Å². The van der Waals surface area contributed by atoms with Crippen LogP contribution in [0.1, 0.15) is 43.7 Å². The third-order valence-electron chi connectivity index (χ3n) is 5.60. The lowest BCUT2D eigenvalue weighted by atomic mass is 9.73. The highest BCUT2D eigenvalue weighted by atomic mass is 15.1. The van der Waals surface area contributed by atoms with E-state index in [1.165, 1.54) is 31.3 Å². The third kappa shape index (κ3) is 1.96. The van der Waals surface area contributed by atoms with Crippen LogP contribution in [0.15, 0.2) is 24.4 Å². The maximum absolute atomic E-state index is 2.61. The van der Waals surface area contributed by atoms with Crippen molar-refractivity contribution in [2.24, 2.45) is 5.92 Å². The van der Waals surface area contributed by atoms with Crippen molar-refractivity contribution in [3.8, 4) is 0 Å². The maximum Gasteiger partial charge on any atom is 0.0486 e. The first kappa shape index (κ1) is 13.4. The number of benzene rings is 1. The maximum atomic E-state index is 2.61. The third-order valence-corrected chi connectivity index (χ3v) is 5.60. The summed E-state index contributed by atoms with van der Waals surface area (Å²) in [4.78, 5) is 2.61. The zero-order valence-corrected chi connectivity index (χ0v) is 13.5. The molecule has 1 saturated heterocycles. The summed E-state index contributed by atoms with van der Waals surface area (Å²) in [5, 5.41) is 1.58. The van der Waals surface area contributed by atoms with E-state index in [1.807, 2.05) is 0 Å². The molecule has 112 valence electrons. The zero-order chi connectivity index (χ0) is 14.6. The topological polar surface area (TPSA) is 8.17 Å². The van der Waals surface area contributed by atoms with E-state index in [9.17, 15) is 0 Å². The van der Waals surface area contributed by atoms with Crippen molar-refractivity contribution in [1.29, 1.82) is 0 Å². The second-order valence-electron chi connectivity index (χ2n) is 7.25. The Morgan fingerprint density at radius 2 is 2.14 bits per heavy atom. The number of nitrogens with zero attached hydrogens (tertiary/aromatic N) is 2. The van der Waals surface area contributed by atoms with Gasteiger partial charge < -0.3 is 9.47 Å². The Hall–Kier alpha value is -1.28. The minimum atomic E-state index is 0.705. The lowest BCUT2D eigenvalue weighted by molar-refractivity contribution is 0.119. The van der Waals surface area contributed by atoms with E-state index in [0.717, 1.165) is 18.4 Å². The molecule has 0 radical (unpaired) electrons. The van der Waals surface area contributed by atoms with Crippen LogP contribution in [0.3, 0.4) is 0 Å². The molecule has 4 rings (SSSR count). The first-order valence-electron chi connectivity index (χ1n) is 8.50. The van der Waals surface area contributed by atoms with E-state index >= 15 is 0 Å². The molecule has 0 unspecified atom stereocenters. The molecule has 2 aliphatic rings. The average Bonchev–Trinajstić information content (AvgIpc) is 2.81. The Labute approximate surface area is 127 Å². The largest absolute Gasteiger partial charge is 0.347 e. The molecule has 1 fully saturated rings. The molecule has 2 nitrogen and oxygen atoms in total. The summed E-state index contributed by atoms with van der Waals surface area (Å²) in [5.74, 6) is 1.54. The molecule has 0 N–H and O–H groups in total. The molecular weight excluding hydrogens is 256 g/mol. The van der Waals surface area contributed by atoms with Crippen molar-refractivity contribution in [1.82, 2.24) is 9.47 Å². The number of likely N-dealkylation sites (tertiary alicyclic amines) is 1. The summed E-state index contributed by atoms with van der Waals surface area (Å²) >= 11 is 0. The van der Waals surface area contributed by atoms with E-state index < -0.39 is 0 Å². The predicted octanol–water partition coefficient (Wildman–Crippen LogP) is 4.03. The Bertz CT molecular complexity index is 670. The number of likely N-dealkylation sites (N-methyl/N-ethyl adjacent to an activating group) is 1. The number of fused-ring (bicyclic) bond motifs is 2. The van der Waals surface area contributed by atoms with Crippen LogP contribution in [0.2, 0.25) is 0 Å². The van der Waals surface area contributed by atoms with Gasteiger partial charge in [-0.15, -0.1) is 0 Å². The highest BCUT2D eigenvalue weighted by molar-refractivity contribution is 5.89. The smallest absolute Gasteiger partial charge is 0.0486 e. The number of piperidine rings is 1. The Morgan fingerprint density at radius 3 is 2.95 bits per heavy atom. The summed E-state index contributed by atoms with van der Waals surface area (Å²) in [5.41, 5.74) is 4.66. The lowest BCUT2D eigenvalue weighted by Gasteiger charge is -2.44. The van der Waals surface area contributed by atoms with Crippen LogP contribution < -0.4 is 0 Å². The summed E-state index contributed by atoms with van der Waals surface area (Å²) in [6.07, 6.45) is 6.22. The SMILES string of the molecule is CCCn1cc2c3c(cccc31)[C@@H]1C[C@@H](C)CN(C)[C@@H]1C2. The van der Waals surface area contributed by atoms with Crippen molar-refractivity contribution in [2.45, 2.75) is 51.6 Å². The van der Waals surface area contributed by atoms with Gasteiger partial charge in [0.15, 0.2) is 0 Å². The molecule has 0 bridgehead atoms. The molecule has 1 aromatic carbocycles. The summed E-state index contributed by atoms with van der Waals surface area (Å²) in [6, 6.07) is 7.69. The molecule has 0 spiro atoms. The van der Waals surface area contributed by atoms with Crippen LogP contribution in [0.4, 0.5) is 0 Å². The summed E-state index contributed by atoms with van der Waals surface area (Å²) in [6.45, 7) is 7.07. The van der Waals surface area contributed by atoms with E-state index in [-0.39, 0.29) is 0 Å². The van der Waals surface area contributed by atoms with Gasteiger partial charge >= 0.3 is 0 Å². The van der Waals surface area contributed by atoms with E-state index in [2.05, 4.69) is 54.8 Å². The highest BCUT2D eigenvalue weighted by Crippen LogP contribution is 2.44. The fraction of sp³-hybridized carbons (Fsp3) is 0.579. The van der Waals surface area contributed by atoms with E-state index in [1.54, 1.807) is 16.5 Å². The van der Waals surface area contributed by atoms with E-state index in [0.29, 0.717) is 6.04 Å². The van der Waals surface area contributed by atoms with Gasteiger partial charge in [0.05, 0.1) is 0 Å². The van der Waals surface area contributed by atoms with Crippen LogP contribution in [-0.2, 0) is 13.0 Å². The van der Waals surface area contributed by atoms with Crippen molar-refractivity contribution in [3.05, 3.63) is 35.5 Å². The Balaban J connectivity index is 1.88. The number of aryl methyl sites for hydroxylation is 1. The van der Waals surface area contributed by atoms with Gasteiger partial charge in [-0.1, -0.05) is 26.0 Å². The minimum Gasteiger partial charge on any atom is -0.347 e. The number of aromatic nitrogens is 1. The molecule has 2 heterocycles. The van der Waals surface area contributed by atoms with Gasteiger partial charge in [0.2, 0.25) is 0 Å².